The van der Waals surface area contributed by atoms with E-state index in [1.807, 2.05) is 42.5 Å². The van der Waals surface area contributed by atoms with Gasteiger partial charge in [-0.15, -0.1) is 24.8 Å². The summed E-state index contributed by atoms with van der Waals surface area (Å²) < 4.78 is 5.21. The molecule has 1 aromatic heterocycles. The zero-order chi connectivity index (χ0) is 15.4. The van der Waals surface area contributed by atoms with Crippen LogP contribution in [0.25, 0.3) is 11.0 Å². The van der Waals surface area contributed by atoms with Gasteiger partial charge in [0.15, 0.2) is 0 Å². The Morgan fingerprint density at radius 2 is 1.92 bits per heavy atom. The smallest absolute Gasteiger partial charge is 0.120 e. The first-order valence-electron chi connectivity index (χ1n) is 7.14. The van der Waals surface area contributed by atoms with Gasteiger partial charge in [0.05, 0.1) is 18.2 Å². The van der Waals surface area contributed by atoms with E-state index in [1.54, 1.807) is 7.11 Å². The second kappa shape index (κ2) is 9.19. The summed E-state index contributed by atoms with van der Waals surface area (Å²) in [5.74, 6) is 8.05. The maximum absolute atomic E-state index is 5.58. The summed E-state index contributed by atoms with van der Waals surface area (Å²) in [7, 11) is 1.65. The van der Waals surface area contributed by atoms with Gasteiger partial charge in [0.25, 0.3) is 0 Å². The Morgan fingerprint density at radius 3 is 2.67 bits per heavy atom. The molecule has 3 rings (SSSR count). The Hall–Kier alpha value is -2.19. The molecular weight excluding hydrogens is 345 g/mol. The maximum Gasteiger partial charge on any atom is 0.120 e. The average Bonchev–Trinajstić information content (AvgIpc) is 2.96. The minimum atomic E-state index is 0. The van der Waals surface area contributed by atoms with Crippen LogP contribution in [0.15, 0.2) is 42.5 Å². The quantitative estimate of drug-likeness (QED) is 0.701. The van der Waals surface area contributed by atoms with E-state index in [2.05, 4.69) is 21.8 Å². The van der Waals surface area contributed by atoms with Gasteiger partial charge in [-0.25, -0.2) is 4.98 Å². The van der Waals surface area contributed by atoms with Crippen molar-refractivity contribution in [2.75, 3.05) is 13.7 Å². The number of methoxy groups -OCH3 is 1. The number of halogens is 2. The van der Waals surface area contributed by atoms with Crippen LogP contribution in [0, 0.1) is 11.8 Å². The molecule has 0 aliphatic carbocycles. The van der Waals surface area contributed by atoms with E-state index in [0.29, 0.717) is 6.54 Å². The van der Waals surface area contributed by atoms with Gasteiger partial charge in [0.1, 0.15) is 17.1 Å². The Balaban J connectivity index is 0.00000144. The molecule has 0 saturated heterocycles. The standard InChI is InChI=1S/C18H17N3O.2ClH/c1-22-15-6-2-4-13(12-15)8-9-14-5-3-7-16-18(14)21-17(20-16)10-11-19;;/h2-7,12H,10-11,19H2,1H3,(H,20,21);2*1H. The second-order valence-electron chi connectivity index (χ2n) is 4.91. The van der Waals surface area contributed by atoms with Gasteiger partial charge < -0.3 is 15.5 Å². The van der Waals surface area contributed by atoms with Crippen molar-refractivity contribution in [2.24, 2.45) is 5.73 Å². The summed E-state index contributed by atoms with van der Waals surface area (Å²) in [6, 6.07) is 13.7. The molecule has 0 unspecified atom stereocenters. The molecule has 1 heterocycles. The van der Waals surface area contributed by atoms with E-state index in [1.165, 1.54) is 0 Å². The number of imidazole rings is 1. The topological polar surface area (TPSA) is 63.9 Å². The maximum atomic E-state index is 5.58. The summed E-state index contributed by atoms with van der Waals surface area (Å²) in [4.78, 5) is 7.86. The monoisotopic (exact) mass is 363 g/mol. The lowest BCUT2D eigenvalue weighted by atomic mass is 10.1. The molecule has 3 N–H and O–H groups in total. The first kappa shape index (κ1) is 19.9. The van der Waals surface area contributed by atoms with Crippen LogP contribution in [0.4, 0.5) is 0 Å². The normalized spacial score (nSPS) is 9.42. The SMILES string of the molecule is COc1cccc(C#Cc2cccc3[nH]c(CCN)nc23)c1.Cl.Cl. The van der Waals surface area contributed by atoms with Gasteiger partial charge in [-0.05, 0) is 36.9 Å². The number of fused-ring (bicyclic) bond motifs is 1. The Bertz CT molecular complexity index is 865. The van der Waals surface area contributed by atoms with Crippen molar-refractivity contribution in [2.45, 2.75) is 6.42 Å². The van der Waals surface area contributed by atoms with Gasteiger partial charge in [0.2, 0.25) is 0 Å². The molecule has 0 bridgehead atoms. The van der Waals surface area contributed by atoms with Gasteiger partial charge in [-0.2, -0.15) is 0 Å². The van der Waals surface area contributed by atoms with E-state index >= 15 is 0 Å². The zero-order valence-corrected chi connectivity index (χ0v) is 14.8. The van der Waals surface area contributed by atoms with Gasteiger partial charge in [-0.1, -0.05) is 24.0 Å². The number of benzene rings is 2. The van der Waals surface area contributed by atoms with Crippen molar-refractivity contribution in [3.05, 3.63) is 59.4 Å². The van der Waals surface area contributed by atoms with Crippen molar-refractivity contribution in [3.8, 4) is 17.6 Å². The number of hydrogen-bond donors (Lipinski definition) is 2. The van der Waals surface area contributed by atoms with Gasteiger partial charge in [0, 0.05) is 12.0 Å². The van der Waals surface area contributed by atoms with Gasteiger partial charge >= 0.3 is 0 Å². The third-order valence-electron chi connectivity index (χ3n) is 3.35. The molecule has 24 heavy (non-hydrogen) atoms. The zero-order valence-electron chi connectivity index (χ0n) is 13.2. The molecule has 0 fully saturated rings. The van der Waals surface area contributed by atoms with E-state index in [4.69, 9.17) is 10.5 Å². The van der Waals surface area contributed by atoms with Crippen LogP contribution in [-0.4, -0.2) is 23.6 Å². The summed E-state index contributed by atoms with van der Waals surface area (Å²) >= 11 is 0. The van der Waals surface area contributed by atoms with E-state index in [-0.39, 0.29) is 24.8 Å². The Labute approximate surface area is 153 Å². The molecule has 126 valence electrons. The van der Waals surface area contributed by atoms with Crippen molar-refractivity contribution >= 4 is 35.8 Å². The first-order valence-corrected chi connectivity index (χ1v) is 7.14. The molecule has 2 aromatic carbocycles. The molecule has 0 atom stereocenters. The number of hydrogen-bond acceptors (Lipinski definition) is 3. The minimum absolute atomic E-state index is 0. The number of nitrogens with zero attached hydrogens (tertiary/aromatic N) is 1. The number of nitrogens with two attached hydrogens (primary N) is 1. The van der Waals surface area contributed by atoms with E-state index in [0.717, 1.165) is 40.2 Å². The fourth-order valence-electron chi connectivity index (χ4n) is 2.28. The molecule has 0 aliphatic rings. The second-order valence-corrected chi connectivity index (χ2v) is 4.91. The lowest BCUT2D eigenvalue weighted by molar-refractivity contribution is 0.414. The lowest BCUT2D eigenvalue weighted by Gasteiger charge is -1.98. The van der Waals surface area contributed by atoms with Crippen LogP contribution < -0.4 is 10.5 Å². The van der Waals surface area contributed by atoms with Crippen molar-refractivity contribution in [3.63, 3.8) is 0 Å². The van der Waals surface area contributed by atoms with Gasteiger partial charge in [-0.3, -0.25) is 0 Å². The number of aromatic nitrogens is 2. The molecule has 0 saturated carbocycles. The molecule has 0 aliphatic heterocycles. The van der Waals surface area contributed by atoms with Crippen LogP contribution in [0.3, 0.4) is 0 Å². The van der Waals surface area contributed by atoms with Crippen molar-refractivity contribution < 1.29 is 4.74 Å². The van der Waals surface area contributed by atoms with Crippen molar-refractivity contribution in [1.82, 2.24) is 9.97 Å². The predicted octanol–water partition coefficient (Wildman–Crippen LogP) is 3.32. The number of nitrogens with one attached hydrogen (secondary N) is 1. The molecule has 0 amide bonds. The summed E-state index contributed by atoms with van der Waals surface area (Å²) in [5, 5.41) is 0. The fraction of sp³-hybridized carbons (Fsp3) is 0.167. The molecule has 0 spiro atoms. The molecule has 3 aromatic rings. The highest BCUT2D eigenvalue weighted by Gasteiger charge is 2.05. The number of aromatic amines is 1. The highest BCUT2D eigenvalue weighted by molar-refractivity contribution is 5.85. The lowest BCUT2D eigenvalue weighted by Crippen LogP contribution is -2.03. The van der Waals surface area contributed by atoms with Crippen LogP contribution in [0.5, 0.6) is 5.75 Å². The highest BCUT2D eigenvalue weighted by atomic mass is 35.5. The van der Waals surface area contributed by atoms with Crippen LogP contribution in [0.2, 0.25) is 0 Å². The minimum Gasteiger partial charge on any atom is -0.497 e. The van der Waals surface area contributed by atoms with E-state index < -0.39 is 0 Å². The number of para-hydroxylation sites is 1. The summed E-state index contributed by atoms with van der Waals surface area (Å²) in [5.41, 5.74) is 9.27. The van der Waals surface area contributed by atoms with Crippen molar-refractivity contribution in [1.29, 1.82) is 0 Å². The Kier molecular flexibility index (Phi) is 7.60. The summed E-state index contributed by atoms with van der Waals surface area (Å²) in [6.45, 7) is 0.574. The largest absolute Gasteiger partial charge is 0.497 e. The molecule has 6 heteroatoms. The number of H-pyrrole nitrogens is 1. The number of rotatable bonds is 3. The Morgan fingerprint density at radius 1 is 1.12 bits per heavy atom. The van der Waals surface area contributed by atoms with Crippen LogP contribution >= 0.6 is 24.8 Å². The molecular formula is C18H19Cl2N3O. The molecule has 0 radical (unpaired) electrons. The highest BCUT2D eigenvalue weighted by Crippen LogP contribution is 2.16. The predicted molar refractivity (Wildman–Crippen MR) is 102 cm³/mol. The third-order valence-corrected chi connectivity index (χ3v) is 3.35. The van der Waals surface area contributed by atoms with Crippen LogP contribution in [0.1, 0.15) is 17.0 Å². The third kappa shape index (κ3) is 4.42. The fourth-order valence-corrected chi connectivity index (χ4v) is 2.28. The number of ether oxygens (including phenoxy) is 1. The molecule has 4 nitrogen and oxygen atoms in total. The van der Waals surface area contributed by atoms with E-state index in [9.17, 15) is 0 Å². The average molecular weight is 364 g/mol. The summed E-state index contributed by atoms with van der Waals surface area (Å²) in [6.07, 6.45) is 0.734. The first-order chi connectivity index (χ1) is 10.8. The van der Waals surface area contributed by atoms with Crippen LogP contribution in [-0.2, 0) is 6.42 Å².